The maximum Gasteiger partial charge on any atom is 0.222 e. The van der Waals surface area contributed by atoms with Crippen LogP contribution in [0.3, 0.4) is 0 Å². The summed E-state index contributed by atoms with van der Waals surface area (Å²) in [7, 11) is 0. The Labute approximate surface area is 138 Å². The van der Waals surface area contributed by atoms with Crippen LogP contribution in [-0.2, 0) is 23.7 Å². The maximum atomic E-state index is 11.8. The van der Waals surface area contributed by atoms with E-state index in [4.69, 9.17) is 29.2 Å². The fourth-order valence-corrected chi connectivity index (χ4v) is 1.71. The van der Waals surface area contributed by atoms with Crippen LogP contribution >= 0.6 is 0 Å². The number of hydrogen-bond donors (Lipinski definition) is 2. The standard InChI is InChI=1S/C15H31NO7/c1-2-15(19)16(3-7-20-11-13-22-9-5-17)4-8-21-12-14-23-10-6-18/h17-18H,2-14H2,1H3. The molecule has 138 valence electrons. The highest BCUT2D eigenvalue weighted by atomic mass is 16.5. The van der Waals surface area contributed by atoms with Crippen LogP contribution in [-0.4, -0.2) is 100 Å². The monoisotopic (exact) mass is 337 g/mol. The zero-order valence-corrected chi connectivity index (χ0v) is 14.1. The molecule has 0 aromatic heterocycles. The van der Waals surface area contributed by atoms with Gasteiger partial charge in [-0.15, -0.1) is 0 Å². The van der Waals surface area contributed by atoms with Crippen LogP contribution in [0.15, 0.2) is 0 Å². The van der Waals surface area contributed by atoms with Crippen LogP contribution in [0, 0.1) is 0 Å². The average Bonchev–Trinajstić information content (AvgIpc) is 2.57. The number of aliphatic hydroxyl groups excluding tert-OH is 2. The van der Waals surface area contributed by atoms with E-state index in [1.165, 1.54) is 0 Å². The van der Waals surface area contributed by atoms with Gasteiger partial charge in [-0.3, -0.25) is 4.79 Å². The average molecular weight is 337 g/mol. The van der Waals surface area contributed by atoms with Gasteiger partial charge < -0.3 is 34.1 Å². The van der Waals surface area contributed by atoms with Gasteiger partial charge in [-0.1, -0.05) is 6.92 Å². The molecule has 0 heterocycles. The topological polar surface area (TPSA) is 97.7 Å². The van der Waals surface area contributed by atoms with E-state index >= 15 is 0 Å². The van der Waals surface area contributed by atoms with Crippen molar-refractivity contribution in [3.8, 4) is 0 Å². The Bertz CT molecular complexity index is 248. The molecule has 0 spiro atoms. The summed E-state index contributed by atoms with van der Waals surface area (Å²) in [6.07, 6.45) is 0.444. The van der Waals surface area contributed by atoms with Crippen molar-refractivity contribution in [2.45, 2.75) is 13.3 Å². The molecular weight excluding hydrogens is 306 g/mol. The Kier molecular flexibility index (Phi) is 17.0. The van der Waals surface area contributed by atoms with Crippen LogP contribution in [0.4, 0.5) is 0 Å². The maximum absolute atomic E-state index is 11.8. The lowest BCUT2D eigenvalue weighted by Gasteiger charge is -2.22. The van der Waals surface area contributed by atoms with Gasteiger partial charge in [-0.05, 0) is 0 Å². The summed E-state index contributed by atoms with van der Waals surface area (Å²) in [5, 5.41) is 17.1. The van der Waals surface area contributed by atoms with E-state index in [-0.39, 0.29) is 19.1 Å². The van der Waals surface area contributed by atoms with Crippen molar-refractivity contribution in [3.63, 3.8) is 0 Å². The molecule has 0 rings (SSSR count). The third-order valence-corrected chi connectivity index (χ3v) is 2.88. The predicted molar refractivity (Wildman–Crippen MR) is 84.3 cm³/mol. The Morgan fingerprint density at radius 1 is 0.739 bits per heavy atom. The summed E-state index contributed by atoms with van der Waals surface area (Å²) in [5.74, 6) is 0.0604. The van der Waals surface area contributed by atoms with Crippen molar-refractivity contribution in [3.05, 3.63) is 0 Å². The van der Waals surface area contributed by atoms with Gasteiger partial charge >= 0.3 is 0 Å². The van der Waals surface area contributed by atoms with Crippen LogP contribution in [0.5, 0.6) is 0 Å². The third-order valence-electron chi connectivity index (χ3n) is 2.88. The minimum Gasteiger partial charge on any atom is -0.394 e. The molecule has 0 fully saturated rings. The molecule has 1 amide bonds. The molecule has 8 heteroatoms. The molecule has 0 aromatic carbocycles. The first-order valence-electron chi connectivity index (χ1n) is 8.06. The van der Waals surface area contributed by atoms with Gasteiger partial charge in [0, 0.05) is 19.5 Å². The Morgan fingerprint density at radius 2 is 1.13 bits per heavy atom. The van der Waals surface area contributed by atoms with Crippen molar-refractivity contribution in [2.24, 2.45) is 0 Å². The smallest absolute Gasteiger partial charge is 0.222 e. The number of nitrogens with zero attached hydrogens (tertiary/aromatic N) is 1. The summed E-state index contributed by atoms with van der Waals surface area (Å²) in [6.45, 7) is 6.08. The molecule has 2 N–H and O–H groups in total. The second-order valence-corrected chi connectivity index (χ2v) is 4.63. The first-order valence-corrected chi connectivity index (χ1v) is 8.06. The lowest BCUT2D eigenvalue weighted by molar-refractivity contribution is -0.132. The lowest BCUT2D eigenvalue weighted by atomic mass is 10.4. The number of rotatable bonds is 17. The van der Waals surface area contributed by atoms with Crippen molar-refractivity contribution in [2.75, 3.05) is 79.2 Å². The predicted octanol–water partition coefficient (Wildman–Crippen LogP) is -0.724. The van der Waals surface area contributed by atoms with Gasteiger partial charge in [0.25, 0.3) is 0 Å². The van der Waals surface area contributed by atoms with E-state index in [0.29, 0.717) is 72.4 Å². The van der Waals surface area contributed by atoms with Crippen LogP contribution < -0.4 is 0 Å². The summed E-state index contributed by atoms with van der Waals surface area (Å²) < 4.78 is 20.9. The van der Waals surface area contributed by atoms with E-state index in [2.05, 4.69) is 0 Å². The minimum absolute atomic E-state index is 0.00379. The second kappa shape index (κ2) is 17.6. The number of aliphatic hydroxyl groups is 2. The minimum atomic E-state index is 0.00379. The summed E-state index contributed by atoms with van der Waals surface area (Å²) in [5.41, 5.74) is 0. The van der Waals surface area contributed by atoms with Crippen molar-refractivity contribution >= 4 is 5.91 Å². The van der Waals surface area contributed by atoms with E-state index in [1.807, 2.05) is 6.92 Å². The van der Waals surface area contributed by atoms with E-state index < -0.39 is 0 Å². The highest BCUT2D eigenvalue weighted by molar-refractivity contribution is 5.75. The lowest BCUT2D eigenvalue weighted by Crippen LogP contribution is -2.36. The largest absolute Gasteiger partial charge is 0.394 e. The number of ether oxygens (including phenoxy) is 4. The number of hydrogen-bond acceptors (Lipinski definition) is 7. The van der Waals surface area contributed by atoms with Gasteiger partial charge in [-0.25, -0.2) is 0 Å². The van der Waals surface area contributed by atoms with Crippen LogP contribution in [0.1, 0.15) is 13.3 Å². The normalized spacial score (nSPS) is 10.9. The molecule has 0 saturated heterocycles. The molecule has 0 aliphatic carbocycles. The molecule has 0 aliphatic heterocycles. The fourth-order valence-electron chi connectivity index (χ4n) is 1.71. The van der Waals surface area contributed by atoms with Crippen molar-refractivity contribution in [1.29, 1.82) is 0 Å². The third kappa shape index (κ3) is 14.5. The summed E-state index contributed by atoms with van der Waals surface area (Å²) in [6, 6.07) is 0. The Balaban J connectivity index is 3.67. The number of carbonyl (C=O) groups is 1. The molecule has 0 aromatic rings. The van der Waals surface area contributed by atoms with E-state index in [0.717, 1.165) is 0 Å². The molecule has 0 unspecified atom stereocenters. The molecule has 0 bridgehead atoms. The highest BCUT2D eigenvalue weighted by Gasteiger charge is 2.10. The number of carbonyl (C=O) groups excluding carboxylic acids is 1. The van der Waals surface area contributed by atoms with Crippen LogP contribution in [0.25, 0.3) is 0 Å². The molecular formula is C15H31NO7. The van der Waals surface area contributed by atoms with Gasteiger partial charge in [0.1, 0.15) is 0 Å². The first kappa shape index (κ1) is 22.2. The molecule has 0 radical (unpaired) electrons. The zero-order valence-electron chi connectivity index (χ0n) is 14.1. The van der Waals surface area contributed by atoms with Gasteiger partial charge in [0.15, 0.2) is 0 Å². The highest BCUT2D eigenvalue weighted by Crippen LogP contribution is 1.95. The first-order chi connectivity index (χ1) is 11.3. The molecule has 0 aliphatic rings. The second-order valence-electron chi connectivity index (χ2n) is 4.63. The Hall–Kier alpha value is -0.770. The van der Waals surface area contributed by atoms with Gasteiger partial charge in [0.2, 0.25) is 5.91 Å². The van der Waals surface area contributed by atoms with Crippen molar-refractivity contribution in [1.82, 2.24) is 4.90 Å². The summed E-state index contributed by atoms with van der Waals surface area (Å²) >= 11 is 0. The van der Waals surface area contributed by atoms with Gasteiger partial charge in [-0.2, -0.15) is 0 Å². The van der Waals surface area contributed by atoms with Crippen LogP contribution in [0.2, 0.25) is 0 Å². The van der Waals surface area contributed by atoms with Crippen molar-refractivity contribution < 1.29 is 34.0 Å². The number of amides is 1. The molecule has 0 atom stereocenters. The molecule has 8 nitrogen and oxygen atoms in total. The Morgan fingerprint density at radius 3 is 1.48 bits per heavy atom. The summed E-state index contributed by atoms with van der Waals surface area (Å²) in [4.78, 5) is 13.5. The molecule has 23 heavy (non-hydrogen) atoms. The quantitative estimate of drug-likeness (QED) is 0.338. The van der Waals surface area contributed by atoms with E-state index in [1.54, 1.807) is 4.90 Å². The van der Waals surface area contributed by atoms with E-state index in [9.17, 15) is 4.79 Å². The SMILES string of the molecule is CCC(=O)N(CCOCCOCCO)CCOCCOCCO. The van der Waals surface area contributed by atoms with Gasteiger partial charge in [0.05, 0.1) is 66.1 Å². The molecule has 0 saturated carbocycles. The zero-order chi connectivity index (χ0) is 17.2. The fraction of sp³-hybridized carbons (Fsp3) is 0.933.